The smallest absolute Gasteiger partial charge is 0.344 e. The number of hydrogen-bond acceptors (Lipinski definition) is 6. The fourth-order valence-corrected chi connectivity index (χ4v) is 3.53. The molecule has 1 heterocycles. The lowest BCUT2D eigenvalue weighted by molar-refractivity contribution is -0.144. The first-order valence-electron chi connectivity index (χ1n) is 10.3. The number of carboxylic acid groups (broad SMARTS) is 1. The summed E-state index contributed by atoms with van der Waals surface area (Å²) in [4.78, 5) is 29.3. The molecule has 4 rings (SSSR count). The summed E-state index contributed by atoms with van der Waals surface area (Å²) in [5.74, 6) is -0.444. The van der Waals surface area contributed by atoms with E-state index in [1.165, 1.54) is 31.0 Å². The molecule has 0 spiro atoms. The lowest BCUT2D eigenvalue weighted by Gasteiger charge is -2.16. The van der Waals surface area contributed by atoms with Gasteiger partial charge in [0.05, 0.1) is 24.2 Å². The monoisotopic (exact) mass is 477 g/mol. The van der Waals surface area contributed by atoms with Crippen LogP contribution in [0.25, 0.3) is 22.3 Å². The van der Waals surface area contributed by atoms with E-state index in [-0.39, 0.29) is 17.1 Å². The van der Waals surface area contributed by atoms with Gasteiger partial charge in [-0.2, -0.15) is 9.78 Å². The number of carboxylic acids is 1. The molecule has 0 aliphatic carbocycles. The van der Waals surface area contributed by atoms with Crippen LogP contribution >= 0.6 is 11.6 Å². The molecule has 0 aliphatic rings. The van der Waals surface area contributed by atoms with Crippen LogP contribution in [0.4, 0.5) is 0 Å². The molecule has 0 radical (unpaired) electrons. The van der Waals surface area contributed by atoms with E-state index < -0.39 is 12.1 Å². The maximum Gasteiger partial charge on any atom is 0.344 e. The van der Waals surface area contributed by atoms with Gasteiger partial charge in [-0.05, 0) is 25.1 Å². The third kappa shape index (κ3) is 4.62. The quantitative estimate of drug-likeness (QED) is 0.394. The molecule has 172 valence electrons. The Labute approximate surface area is 199 Å². The third-order valence-corrected chi connectivity index (χ3v) is 5.23. The average Bonchev–Trinajstić information content (AvgIpc) is 2.84. The number of nitrogens with zero attached hydrogens (tertiary/aromatic N) is 3. The second-order valence-electron chi connectivity index (χ2n) is 7.30. The van der Waals surface area contributed by atoms with E-state index in [1.54, 1.807) is 24.3 Å². The Bertz CT molecular complexity index is 1450. The Morgan fingerprint density at radius 1 is 1.15 bits per heavy atom. The van der Waals surface area contributed by atoms with E-state index in [1.807, 2.05) is 36.4 Å². The topological polar surface area (TPSA) is 103 Å². The van der Waals surface area contributed by atoms with Crippen molar-refractivity contribution in [2.45, 2.75) is 13.0 Å². The van der Waals surface area contributed by atoms with Gasteiger partial charge in [0, 0.05) is 22.2 Å². The van der Waals surface area contributed by atoms with Crippen LogP contribution in [0.3, 0.4) is 0 Å². The number of fused-ring (bicyclic) bond motifs is 1. The van der Waals surface area contributed by atoms with Gasteiger partial charge in [-0.25, -0.2) is 9.78 Å². The number of halogens is 1. The highest BCUT2D eigenvalue weighted by molar-refractivity contribution is 6.31. The van der Waals surface area contributed by atoms with Crippen molar-refractivity contribution in [3.63, 3.8) is 0 Å². The lowest BCUT2D eigenvalue weighted by Crippen LogP contribution is -2.24. The Morgan fingerprint density at radius 2 is 1.85 bits per heavy atom. The molecular formula is C25H20ClN3O5. The molecule has 1 N–H and O–H groups in total. The summed E-state index contributed by atoms with van der Waals surface area (Å²) >= 11 is 6.22. The van der Waals surface area contributed by atoms with Gasteiger partial charge in [-0.1, -0.05) is 54.1 Å². The highest BCUT2D eigenvalue weighted by atomic mass is 35.5. The largest absolute Gasteiger partial charge is 0.493 e. The molecule has 3 aromatic carbocycles. The van der Waals surface area contributed by atoms with Crippen LogP contribution in [0.5, 0.6) is 11.5 Å². The van der Waals surface area contributed by atoms with Gasteiger partial charge in [0.2, 0.25) is 0 Å². The van der Waals surface area contributed by atoms with E-state index in [4.69, 9.17) is 21.1 Å². The van der Waals surface area contributed by atoms with Crippen molar-refractivity contribution in [1.29, 1.82) is 0 Å². The first-order valence-corrected chi connectivity index (χ1v) is 10.7. The van der Waals surface area contributed by atoms with Crippen molar-refractivity contribution >= 4 is 34.7 Å². The van der Waals surface area contributed by atoms with Crippen molar-refractivity contribution in [2.75, 3.05) is 7.11 Å². The van der Waals surface area contributed by atoms with Crippen molar-refractivity contribution in [3.05, 3.63) is 87.7 Å². The number of ether oxygens (including phenoxy) is 2. The second kappa shape index (κ2) is 9.76. The standard InChI is InChI=1S/C25H20ClN3O5/c1-15(25(31)32)34-22-17(12-18(26)13-21(22)33-2)14-27-29-23(16-8-4-3-5-9-16)28-20-11-7-6-10-19(20)24(29)30/h3-15H,1-2H3,(H,31,32)/t15-/m1/s1. The summed E-state index contributed by atoms with van der Waals surface area (Å²) in [5.41, 5.74) is 1.20. The average molecular weight is 478 g/mol. The maximum absolute atomic E-state index is 13.3. The molecule has 0 fully saturated rings. The number of rotatable bonds is 7. The number of aromatic nitrogens is 2. The molecule has 1 atom stereocenters. The summed E-state index contributed by atoms with van der Waals surface area (Å²) in [6.45, 7) is 1.39. The minimum Gasteiger partial charge on any atom is -0.493 e. The Balaban J connectivity index is 1.91. The van der Waals surface area contributed by atoms with Crippen LogP contribution in [-0.4, -0.2) is 40.2 Å². The normalized spacial score (nSPS) is 12.1. The Hall–Kier alpha value is -4.17. The van der Waals surface area contributed by atoms with Crippen LogP contribution in [0.1, 0.15) is 12.5 Å². The van der Waals surface area contributed by atoms with Gasteiger partial charge in [-0.15, -0.1) is 0 Å². The molecule has 0 unspecified atom stereocenters. The molecule has 0 saturated carbocycles. The van der Waals surface area contributed by atoms with Crippen LogP contribution in [0.2, 0.25) is 5.02 Å². The van der Waals surface area contributed by atoms with E-state index in [0.29, 0.717) is 32.9 Å². The zero-order valence-corrected chi connectivity index (χ0v) is 19.1. The molecule has 9 heteroatoms. The minimum atomic E-state index is -1.16. The summed E-state index contributed by atoms with van der Waals surface area (Å²) < 4.78 is 12.1. The molecule has 1 aromatic heterocycles. The first kappa shape index (κ1) is 23.0. The number of carbonyl (C=O) groups is 1. The fraction of sp³-hybridized carbons (Fsp3) is 0.120. The number of hydrogen-bond donors (Lipinski definition) is 1. The van der Waals surface area contributed by atoms with Crippen LogP contribution in [0.15, 0.2) is 76.6 Å². The number of para-hydroxylation sites is 1. The number of aliphatic carboxylic acids is 1. The maximum atomic E-state index is 13.3. The van der Waals surface area contributed by atoms with Crippen LogP contribution in [-0.2, 0) is 4.79 Å². The molecule has 4 aromatic rings. The zero-order chi connectivity index (χ0) is 24.2. The van der Waals surface area contributed by atoms with Gasteiger partial charge in [-0.3, -0.25) is 4.79 Å². The SMILES string of the molecule is COc1cc(Cl)cc(C=Nn2c(-c3ccccc3)nc3ccccc3c2=O)c1O[C@H](C)C(=O)O. The Morgan fingerprint density at radius 3 is 2.56 bits per heavy atom. The predicted octanol–water partition coefficient (Wildman–Crippen LogP) is 4.46. The van der Waals surface area contributed by atoms with E-state index in [9.17, 15) is 14.7 Å². The molecule has 8 nitrogen and oxygen atoms in total. The third-order valence-electron chi connectivity index (χ3n) is 5.01. The van der Waals surface area contributed by atoms with E-state index >= 15 is 0 Å². The van der Waals surface area contributed by atoms with Gasteiger partial charge in [0.1, 0.15) is 0 Å². The van der Waals surface area contributed by atoms with Gasteiger partial charge in [0.15, 0.2) is 23.4 Å². The molecule has 0 aliphatic heterocycles. The first-order chi connectivity index (χ1) is 16.4. The molecule has 0 bridgehead atoms. The highest BCUT2D eigenvalue weighted by Gasteiger charge is 2.19. The fourth-order valence-electron chi connectivity index (χ4n) is 3.31. The molecule has 0 saturated heterocycles. The minimum absolute atomic E-state index is 0.133. The predicted molar refractivity (Wildman–Crippen MR) is 130 cm³/mol. The molecule has 0 amide bonds. The summed E-state index contributed by atoms with van der Waals surface area (Å²) in [5, 5.41) is 14.4. The van der Waals surface area contributed by atoms with Crippen molar-refractivity contribution in [3.8, 4) is 22.9 Å². The van der Waals surface area contributed by atoms with Crippen molar-refractivity contribution in [1.82, 2.24) is 9.66 Å². The molecule has 34 heavy (non-hydrogen) atoms. The van der Waals surface area contributed by atoms with E-state index in [0.717, 1.165) is 0 Å². The van der Waals surface area contributed by atoms with Gasteiger partial charge < -0.3 is 14.6 Å². The van der Waals surface area contributed by atoms with Crippen molar-refractivity contribution < 1.29 is 19.4 Å². The van der Waals surface area contributed by atoms with Gasteiger partial charge in [0.25, 0.3) is 5.56 Å². The zero-order valence-electron chi connectivity index (χ0n) is 18.3. The van der Waals surface area contributed by atoms with Crippen LogP contribution < -0.4 is 15.0 Å². The lowest BCUT2D eigenvalue weighted by atomic mass is 10.2. The van der Waals surface area contributed by atoms with Crippen molar-refractivity contribution in [2.24, 2.45) is 5.10 Å². The summed E-state index contributed by atoms with van der Waals surface area (Å²) in [6.07, 6.45) is 0.204. The molecular weight excluding hydrogens is 458 g/mol. The number of benzene rings is 3. The summed E-state index contributed by atoms with van der Waals surface area (Å²) in [6, 6.07) is 19.2. The summed E-state index contributed by atoms with van der Waals surface area (Å²) in [7, 11) is 1.41. The Kier molecular flexibility index (Phi) is 6.60. The van der Waals surface area contributed by atoms with Gasteiger partial charge >= 0.3 is 5.97 Å². The highest BCUT2D eigenvalue weighted by Crippen LogP contribution is 2.34. The van der Waals surface area contributed by atoms with Crippen LogP contribution in [0, 0.1) is 0 Å². The number of methoxy groups -OCH3 is 1. The second-order valence-corrected chi connectivity index (χ2v) is 7.74. The van der Waals surface area contributed by atoms with E-state index in [2.05, 4.69) is 10.1 Å².